The Balaban J connectivity index is 0.000000126. The van der Waals surface area contributed by atoms with Crippen molar-refractivity contribution in [1.29, 1.82) is 0 Å². The molecule has 0 bridgehead atoms. The van der Waals surface area contributed by atoms with Crippen LogP contribution in [-0.4, -0.2) is 4.98 Å². The third-order valence-electron chi connectivity index (χ3n) is 8.97. The number of aromatic amines is 1. The first-order valence-corrected chi connectivity index (χ1v) is 18.0. The Morgan fingerprint density at radius 2 is 0.509 bits per heavy atom. The third-order valence-corrected chi connectivity index (χ3v) is 8.97. The highest BCUT2D eigenvalue weighted by molar-refractivity contribution is 6.07. The van der Waals surface area contributed by atoms with E-state index in [0.29, 0.717) is 0 Å². The first-order chi connectivity index (χ1) is 26.3. The van der Waals surface area contributed by atoms with Crippen LogP contribution in [0.5, 0.6) is 0 Å². The number of rotatable bonds is 6. The van der Waals surface area contributed by atoms with Gasteiger partial charge >= 0.3 is 0 Å². The van der Waals surface area contributed by atoms with E-state index in [1.807, 2.05) is 12.1 Å². The maximum atomic E-state index is 3.38. The summed E-state index contributed by atoms with van der Waals surface area (Å²) in [5.74, 6) is 0. The molecule has 0 spiro atoms. The second-order valence-electron chi connectivity index (χ2n) is 12.6. The molecule has 254 valence electrons. The van der Waals surface area contributed by atoms with Gasteiger partial charge in [-0.05, 0) is 68.8 Å². The summed E-state index contributed by atoms with van der Waals surface area (Å²) in [5.41, 5.74) is 12.3. The minimum Gasteiger partial charge on any atom is -0.355 e. The van der Waals surface area contributed by atoms with Crippen LogP contribution in [-0.2, 0) is 0 Å². The summed E-state index contributed by atoms with van der Waals surface area (Å²) in [6.07, 6.45) is 4.48. The largest absolute Gasteiger partial charge is 0.355 e. The number of hydrogen-bond acceptors (Lipinski definition) is 0. The molecule has 1 heteroatoms. The lowest BCUT2D eigenvalue weighted by atomic mass is 9.96. The van der Waals surface area contributed by atoms with Crippen LogP contribution >= 0.6 is 0 Å². The van der Waals surface area contributed by atoms with E-state index in [1.54, 1.807) is 0 Å². The van der Waals surface area contributed by atoms with E-state index in [9.17, 15) is 0 Å². The molecule has 0 aliphatic rings. The molecule has 0 fully saturated rings. The lowest BCUT2D eigenvalue weighted by molar-refractivity contribution is 1.55. The van der Waals surface area contributed by atoms with Gasteiger partial charge in [-0.3, -0.25) is 0 Å². The Morgan fingerprint density at radius 3 is 0.811 bits per heavy atom. The van der Waals surface area contributed by atoms with Crippen molar-refractivity contribution in [2.24, 2.45) is 0 Å². The van der Waals surface area contributed by atoms with E-state index < -0.39 is 0 Å². The van der Waals surface area contributed by atoms with Crippen molar-refractivity contribution >= 4 is 45.1 Å². The van der Waals surface area contributed by atoms with Crippen molar-refractivity contribution in [3.63, 3.8) is 0 Å². The molecule has 0 atom stereocenters. The molecular formula is C52H41N. The highest BCUT2D eigenvalue weighted by Gasteiger charge is 2.06. The number of para-hydroxylation sites is 2. The lowest BCUT2D eigenvalue weighted by Crippen LogP contribution is -1.87. The monoisotopic (exact) mass is 679 g/mol. The summed E-state index contributed by atoms with van der Waals surface area (Å²) in [7, 11) is 0. The highest BCUT2D eigenvalue weighted by atomic mass is 14.7. The minimum absolute atomic E-state index is 1.21. The molecule has 9 aromatic rings. The van der Waals surface area contributed by atoms with Gasteiger partial charge in [-0.2, -0.15) is 0 Å². The summed E-state index contributed by atoms with van der Waals surface area (Å²) in [5, 5.41) is 2.61. The fourth-order valence-corrected chi connectivity index (χ4v) is 6.37. The SMILES string of the molecule is C(=C(c1ccccc1)c1ccccc1)c1ccccc1.C(=C(c1ccccc1)c1ccccc1)c1ccccc1.c1ccc2c(c1)[nH]c1ccccc12. The molecule has 0 aliphatic heterocycles. The van der Waals surface area contributed by atoms with Crippen LogP contribution in [0.3, 0.4) is 0 Å². The summed E-state index contributed by atoms with van der Waals surface area (Å²) >= 11 is 0. The van der Waals surface area contributed by atoms with E-state index in [-0.39, 0.29) is 0 Å². The van der Waals surface area contributed by atoms with Crippen molar-refractivity contribution < 1.29 is 0 Å². The minimum atomic E-state index is 1.21. The smallest absolute Gasteiger partial charge is 0.0464 e. The van der Waals surface area contributed by atoms with Gasteiger partial charge in [0.25, 0.3) is 0 Å². The molecule has 0 amide bonds. The molecule has 0 saturated heterocycles. The summed E-state index contributed by atoms with van der Waals surface area (Å²) < 4.78 is 0. The first kappa shape index (κ1) is 34.5. The topological polar surface area (TPSA) is 15.8 Å². The van der Waals surface area contributed by atoms with Gasteiger partial charge in [-0.1, -0.05) is 218 Å². The normalized spacial score (nSPS) is 10.3. The highest BCUT2D eigenvalue weighted by Crippen LogP contribution is 2.27. The second-order valence-corrected chi connectivity index (χ2v) is 12.6. The van der Waals surface area contributed by atoms with Crippen molar-refractivity contribution in [1.82, 2.24) is 4.98 Å². The summed E-state index contributed by atoms with van der Waals surface area (Å²) in [6.45, 7) is 0. The number of H-pyrrole nitrogens is 1. The van der Waals surface area contributed by atoms with Crippen LogP contribution in [0.4, 0.5) is 0 Å². The van der Waals surface area contributed by atoms with Gasteiger partial charge in [0.15, 0.2) is 0 Å². The Morgan fingerprint density at radius 1 is 0.264 bits per heavy atom. The van der Waals surface area contributed by atoms with Crippen molar-refractivity contribution in [3.8, 4) is 0 Å². The zero-order valence-corrected chi connectivity index (χ0v) is 29.6. The third kappa shape index (κ3) is 9.24. The molecule has 0 saturated carbocycles. The fraction of sp³-hybridized carbons (Fsp3) is 0. The van der Waals surface area contributed by atoms with Gasteiger partial charge < -0.3 is 4.98 Å². The quantitative estimate of drug-likeness (QED) is 0.168. The Labute approximate surface area is 312 Å². The number of nitrogens with one attached hydrogen (secondary N) is 1. The molecule has 0 unspecified atom stereocenters. The van der Waals surface area contributed by atoms with Crippen LogP contribution in [0.1, 0.15) is 33.4 Å². The van der Waals surface area contributed by atoms with E-state index in [0.717, 1.165) is 0 Å². The van der Waals surface area contributed by atoms with Gasteiger partial charge in [0.05, 0.1) is 0 Å². The van der Waals surface area contributed by atoms with Gasteiger partial charge in [-0.25, -0.2) is 0 Å². The molecule has 1 N–H and O–H groups in total. The maximum Gasteiger partial charge on any atom is 0.0464 e. The van der Waals surface area contributed by atoms with Crippen LogP contribution in [0.25, 0.3) is 45.1 Å². The molecule has 1 nitrogen and oxygen atoms in total. The van der Waals surface area contributed by atoms with E-state index >= 15 is 0 Å². The Hall–Kier alpha value is -6.96. The molecule has 1 aromatic heterocycles. The first-order valence-electron chi connectivity index (χ1n) is 18.0. The van der Waals surface area contributed by atoms with Crippen LogP contribution in [0, 0.1) is 0 Å². The van der Waals surface area contributed by atoms with Crippen molar-refractivity contribution in [2.45, 2.75) is 0 Å². The van der Waals surface area contributed by atoms with Gasteiger partial charge in [-0.15, -0.1) is 0 Å². The Bertz CT molecular complexity index is 2240. The van der Waals surface area contributed by atoms with Gasteiger partial charge in [0, 0.05) is 21.8 Å². The van der Waals surface area contributed by atoms with E-state index in [2.05, 4.69) is 236 Å². The number of benzene rings is 8. The molecule has 1 heterocycles. The van der Waals surface area contributed by atoms with Crippen LogP contribution in [0.2, 0.25) is 0 Å². The summed E-state index contributed by atoms with van der Waals surface area (Å²) in [4.78, 5) is 3.38. The van der Waals surface area contributed by atoms with Crippen molar-refractivity contribution in [3.05, 3.63) is 264 Å². The zero-order valence-electron chi connectivity index (χ0n) is 29.6. The van der Waals surface area contributed by atoms with Gasteiger partial charge in [0.2, 0.25) is 0 Å². The summed E-state index contributed by atoms with van der Waals surface area (Å²) in [6, 6.07) is 79.7. The molecule has 0 radical (unpaired) electrons. The predicted octanol–water partition coefficient (Wildman–Crippen LogP) is 13.9. The van der Waals surface area contributed by atoms with E-state index in [4.69, 9.17) is 0 Å². The van der Waals surface area contributed by atoms with E-state index in [1.165, 1.54) is 66.3 Å². The lowest BCUT2D eigenvalue weighted by Gasteiger charge is -2.08. The Kier molecular flexibility index (Phi) is 11.6. The van der Waals surface area contributed by atoms with Crippen molar-refractivity contribution in [2.75, 3.05) is 0 Å². The molecule has 53 heavy (non-hydrogen) atoms. The molecule has 9 rings (SSSR count). The number of hydrogen-bond donors (Lipinski definition) is 1. The molecular weight excluding hydrogens is 639 g/mol. The van der Waals surface area contributed by atoms with Crippen LogP contribution < -0.4 is 0 Å². The number of aromatic nitrogens is 1. The van der Waals surface area contributed by atoms with Gasteiger partial charge in [0.1, 0.15) is 0 Å². The average Bonchev–Trinajstić information content (AvgIpc) is 3.63. The number of fused-ring (bicyclic) bond motifs is 3. The second kappa shape index (κ2) is 17.8. The molecule has 0 aliphatic carbocycles. The predicted molar refractivity (Wildman–Crippen MR) is 228 cm³/mol. The molecule has 8 aromatic carbocycles. The maximum absolute atomic E-state index is 3.38. The van der Waals surface area contributed by atoms with Crippen LogP contribution in [0.15, 0.2) is 231 Å². The standard InChI is InChI=1S/2C20H16.C12H9N/c2*1-4-10-17(11-5-1)16-20(18-12-6-2-7-13-18)19-14-8-3-9-15-19;1-3-7-11-9(5-1)10-6-2-4-8-12(10)13-11/h2*1-16H;1-8,13H. The zero-order chi connectivity index (χ0) is 35.9. The fourth-order valence-electron chi connectivity index (χ4n) is 6.37. The average molecular weight is 680 g/mol.